The fourth-order valence-corrected chi connectivity index (χ4v) is 4.87. The van der Waals surface area contributed by atoms with Gasteiger partial charge in [0.25, 0.3) is 5.91 Å². The largest absolute Gasteiger partial charge is 0.416 e. The zero-order valence-corrected chi connectivity index (χ0v) is 18.4. The van der Waals surface area contributed by atoms with Gasteiger partial charge in [-0.2, -0.15) is 13.2 Å². The zero-order chi connectivity index (χ0) is 22.8. The molecule has 1 heterocycles. The smallest absolute Gasteiger partial charge is 0.352 e. The number of hydrogen-bond acceptors (Lipinski definition) is 3. The monoisotopic (exact) mass is 450 g/mol. The van der Waals surface area contributed by atoms with Gasteiger partial charge in [-0.25, -0.2) is 0 Å². The maximum atomic E-state index is 13.5. The van der Waals surface area contributed by atoms with Crippen LogP contribution in [-0.4, -0.2) is 34.6 Å². The molecule has 31 heavy (non-hydrogen) atoms. The molecule has 1 N–H and O–H groups in total. The first-order valence-electron chi connectivity index (χ1n) is 10.1. The van der Waals surface area contributed by atoms with E-state index in [1.165, 1.54) is 28.8 Å². The molecular weight excluding hydrogens is 425 g/mol. The van der Waals surface area contributed by atoms with Crippen molar-refractivity contribution in [1.82, 2.24) is 10.2 Å². The summed E-state index contributed by atoms with van der Waals surface area (Å²) in [5.41, 5.74) is 1.06. The van der Waals surface area contributed by atoms with Gasteiger partial charge in [-0.15, -0.1) is 11.8 Å². The molecule has 4 nitrogen and oxygen atoms in total. The Balaban J connectivity index is 1.97. The molecule has 2 aromatic carbocycles. The number of carbonyl (C=O) groups is 2. The van der Waals surface area contributed by atoms with Crippen LogP contribution in [0.2, 0.25) is 0 Å². The highest BCUT2D eigenvalue weighted by molar-refractivity contribution is 7.99. The number of carbonyl (C=O) groups excluding carboxylic acids is 2. The zero-order valence-electron chi connectivity index (χ0n) is 17.6. The van der Waals surface area contributed by atoms with Gasteiger partial charge >= 0.3 is 6.18 Å². The third kappa shape index (κ3) is 5.06. The van der Waals surface area contributed by atoms with E-state index in [2.05, 4.69) is 5.32 Å². The Kier molecular flexibility index (Phi) is 6.99. The molecule has 1 aliphatic heterocycles. The summed E-state index contributed by atoms with van der Waals surface area (Å²) >= 11 is 1.38. The average Bonchev–Trinajstić information content (AvgIpc) is 3.18. The highest BCUT2D eigenvalue weighted by atomic mass is 32.2. The predicted octanol–water partition coefficient (Wildman–Crippen LogP) is 5.18. The third-order valence-corrected chi connectivity index (χ3v) is 6.76. The second kappa shape index (κ2) is 9.34. The number of rotatable bonds is 5. The summed E-state index contributed by atoms with van der Waals surface area (Å²) in [5.74, 6) is -0.193. The number of hydrogen-bond donors (Lipinski definition) is 1. The van der Waals surface area contributed by atoms with Crippen molar-refractivity contribution < 1.29 is 22.8 Å². The first-order chi connectivity index (χ1) is 14.6. The van der Waals surface area contributed by atoms with Crippen LogP contribution in [0, 0.1) is 6.92 Å². The Morgan fingerprint density at radius 3 is 2.39 bits per heavy atom. The minimum Gasteiger partial charge on any atom is -0.352 e. The number of nitrogens with one attached hydrogen (secondary N) is 1. The Hall–Kier alpha value is -2.48. The lowest BCUT2D eigenvalue weighted by Crippen LogP contribution is -2.50. The van der Waals surface area contributed by atoms with Crippen LogP contribution in [0.15, 0.2) is 48.5 Å². The number of nitrogens with zero attached hydrogens (tertiary/aromatic N) is 1. The molecule has 2 amide bonds. The van der Waals surface area contributed by atoms with Gasteiger partial charge in [0.2, 0.25) is 5.91 Å². The highest BCUT2D eigenvalue weighted by Crippen LogP contribution is 2.43. The highest BCUT2D eigenvalue weighted by Gasteiger charge is 2.43. The molecule has 0 aliphatic carbocycles. The topological polar surface area (TPSA) is 49.4 Å². The molecule has 0 bridgehead atoms. The molecule has 3 unspecified atom stereocenters. The first-order valence-corrected chi connectivity index (χ1v) is 11.2. The molecule has 3 rings (SSSR count). The van der Waals surface area contributed by atoms with Gasteiger partial charge in [-0.1, -0.05) is 37.3 Å². The van der Waals surface area contributed by atoms with E-state index in [-0.39, 0.29) is 17.9 Å². The number of aryl methyl sites for hydroxylation is 1. The van der Waals surface area contributed by atoms with E-state index in [0.717, 1.165) is 24.1 Å². The molecule has 3 atom stereocenters. The van der Waals surface area contributed by atoms with Gasteiger partial charge in [0.05, 0.1) is 5.56 Å². The molecule has 0 saturated carbocycles. The van der Waals surface area contributed by atoms with Crippen LogP contribution in [0.1, 0.15) is 52.7 Å². The van der Waals surface area contributed by atoms with E-state index >= 15 is 0 Å². The summed E-state index contributed by atoms with van der Waals surface area (Å²) in [6.07, 6.45) is -3.68. The van der Waals surface area contributed by atoms with Crippen molar-refractivity contribution >= 4 is 23.6 Å². The van der Waals surface area contributed by atoms with Gasteiger partial charge in [-0.05, 0) is 49.6 Å². The van der Waals surface area contributed by atoms with E-state index in [1.54, 1.807) is 12.1 Å². The van der Waals surface area contributed by atoms with Gasteiger partial charge < -0.3 is 10.2 Å². The third-order valence-electron chi connectivity index (χ3n) is 5.44. The Bertz CT molecular complexity index is 947. The normalized spacial score (nSPS) is 19.9. The summed E-state index contributed by atoms with van der Waals surface area (Å²) in [7, 11) is 0. The van der Waals surface area contributed by atoms with Gasteiger partial charge in [0.15, 0.2) is 0 Å². The van der Waals surface area contributed by atoms with E-state index in [4.69, 9.17) is 0 Å². The quantitative estimate of drug-likeness (QED) is 0.683. The van der Waals surface area contributed by atoms with Gasteiger partial charge in [0, 0.05) is 17.4 Å². The van der Waals surface area contributed by atoms with Gasteiger partial charge in [0.1, 0.15) is 11.4 Å². The van der Waals surface area contributed by atoms with E-state index < -0.39 is 23.2 Å². The molecule has 2 aromatic rings. The fraction of sp³-hybridized carbons (Fsp3) is 0.391. The predicted molar refractivity (Wildman–Crippen MR) is 116 cm³/mol. The van der Waals surface area contributed by atoms with Crippen LogP contribution in [0.3, 0.4) is 0 Å². The molecule has 166 valence electrons. The molecule has 8 heteroatoms. The molecular formula is C23H25F3N2O2S. The van der Waals surface area contributed by atoms with Crippen molar-refractivity contribution in [3.05, 3.63) is 70.8 Å². The Labute approximate surface area is 184 Å². The minimum atomic E-state index is -4.43. The second-order valence-electron chi connectivity index (χ2n) is 7.67. The molecule has 1 fully saturated rings. The van der Waals surface area contributed by atoms with Crippen LogP contribution in [0.5, 0.6) is 0 Å². The molecule has 0 radical (unpaired) electrons. The number of amides is 2. The molecule has 0 aromatic heterocycles. The molecule has 1 saturated heterocycles. The lowest BCUT2D eigenvalue weighted by atomic mass is 10.0. The number of alkyl halides is 3. The van der Waals surface area contributed by atoms with Crippen molar-refractivity contribution in [2.45, 2.75) is 50.8 Å². The summed E-state index contributed by atoms with van der Waals surface area (Å²) < 4.78 is 38.9. The van der Waals surface area contributed by atoms with Crippen LogP contribution in [0.4, 0.5) is 13.2 Å². The number of thioether (sulfide) groups is 1. The minimum absolute atomic E-state index is 0.0435. The lowest BCUT2D eigenvalue weighted by molar-refractivity contribution is -0.137. The first kappa shape index (κ1) is 23.2. The summed E-state index contributed by atoms with van der Waals surface area (Å²) in [5, 5.41) is 2.37. The number of halogens is 3. The van der Waals surface area contributed by atoms with Crippen LogP contribution < -0.4 is 5.32 Å². The van der Waals surface area contributed by atoms with Crippen LogP contribution in [0.25, 0.3) is 0 Å². The standard InChI is InChI=1S/C23H25F3N2O2S/c1-4-15(3)27-20(29)19-13-31-22(16-9-11-17(12-10-16)23(24,25)26)28(19)21(30)18-8-6-5-7-14(18)2/h5-12,15,19,22H,4,13H2,1-3H3,(H,27,29). The van der Waals surface area contributed by atoms with Crippen molar-refractivity contribution in [3.63, 3.8) is 0 Å². The summed E-state index contributed by atoms with van der Waals surface area (Å²) in [6.45, 7) is 5.66. The number of benzene rings is 2. The van der Waals surface area contributed by atoms with Gasteiger partial charge in [-0.3, -0.25) is 9.59 Å². The Morgan fingerprint density at radius 1 is 1.16 bits per heavy atom. The maximum absolute atomic E-state index is 13.5. The van der Waals surface area contributed by atoms with E-state index in [9.17, 15) is 22.8 Å². The molecule has 0 spiro atoms. The SMILES string of the molecule is CCC(C)NC(=O)C1CSC(c2ccc(C(F)(F)F)cc2)N1C(=O)c1ccccc1C. The fourth-order valence-electron chi connectivity index (χ4n) is 3.44. The molecule has 1 aliphatic rings. The van der Waals surface area contributed by atoms with Crippen molar-refractivity contribution in [2.24, 2.45) is 0 Å². The van der Waals surface area contributed by atoms with E-state index in [0.29, 0.717) is 16.9 Å². The summed E-state index contributed by atoms with van der Waals surface area (Å²) in [4.78, 5) is 27.9. The Morgan fingerprint density at radius 2 is 1.81 bits per heavy atom. The van der Waals surface area contributed by atoms with Crippen molar-refractivity contribution in [3.8, 4) is 0 Å². The van der Waals surface area contributed by atoms with Crippen molar-refractivity contribution in [1.29, 1.82) is 0 Å². The average molecular weight is 451 g/mol. The lowest BCUT2D eigenvalue weighted by Gasteiger charge is -2.30. The van der Waals surface area contributed by atoms with Crippen LogP contribution >= 0.6 is 11.8 Å². The summed E-state index contributed by atoms with van der Waals surface area (Å²) in [6, 6.07) is 11.1. The van der Waals surface area contributed by atoms with Crippen LogP contribution in [-0.2, 0) is 11.0 Å². The van der Waals surface area contributed by atoms with E-state index in [1.807, 2.05) is 32.9 Å². The maximum Gasteiger partial charge on any atom is 0.416 e. The van der Waals surface area contributed by atoms with Crippen molar-refractivity contribution in [2.75, 3.05) is 5.75 Å². The second-order valence-corrected chi connectivity index (χ2v) is 8.78.